The topological polar surface area (TPSA) is 95.0 Å². The fourth-order valence-corrected chi connectivity index (χ4v) is 4.17. The van der Waals surface area contributed by atoms with Crippen LogP contribution in [0.3, 0.4) is 0 Å². The van der Waals surface area contributed by atoms with E-state index in [4.69, 9.17) is 4.74 Å². The number of benzene rings is 2. The molecule has 0 saturated heterocycles. The third-order valence-corrected chi connectivity index (χ3v) is 6.61. The molecule has 0 radical (unpaired) electrons. The van der Waals surface area contributed by atoms with Gasteiger partial charge in [-0.15, -0.1) is 0 Å². The predicted molar refractivity (Wildman–Crippen MR) is 146 cm³/mol. The summed E-state index contributed by atoms with van der Waals surface area (Å²) in [5, 5.41) is 12.6. The van der Waals surface area contributed by atoms with Crippen LogP contribution in [0.15, 0.2) is 60.8 Å². The van der Waals surface area contributed by atoms with Crippen molar-refractivity contribution in [3.05, 3.63) is 89.1 Å². The summed E-state index contributed by atoms with van der Waals surface area (Å²) in [5.74, 6) is 4.60. The molecule has 40 heavy (non-hydrogen) atoms. The Bertz CT molecular complexity index is 1420. The Morgan fingerprint density at radius 1 is 1.15 bits per heavy atom. The second kappa shape index (κ2) is 12.6. The monoisotopic (exact) mass is 548 g/mol. The SMILES string of the molecule is C[C@@H]1CN([C@@H](C)CO)C(=O)c2cc(C#Cc3ccc(F)cc3)cnc2O[C@@H]1CN(C)C(=O)Nc1ccc(F)cc1. The number of anilines is 1. The lowest BCUT2D eigenvalue weighted by atomic mass is 10.00. The average molecular weight is 549 g/mol. The van der Waals surface area contributed by atoms with Crippen molar-refractivity contribution < 1.29 is 28.2 Å². The van der Waals surface area contributed by atoms with Gasteiger partial charge in [0, 0.05) is 42.5 Å². The van der Waals surface area contributed by atoms with Crippen molar-refractivity contribution in [2.75, 3.05) is 32.1 Å². The third kappa shape index (κ3) is 6.93. The lowest BCUT2D eigenvalue weighted by molar-refractivity contribution is 0.0356. The first-order valence-corrected chi connectivity index (χ1v) is 12.8. The molecule has 3 amide bonds. The maximum absolute atomic E-state index is 13.6. The number of hydrogen-bond acceptors (Lipinski definition) is 5. The first kappa shape index (κ1) is 28.5. The minimum Gasteiger partial charge on any atom is -0.472 e. The van der Waals surface area contributed by atoms with Crippen LogP contribution >= 0.6 is 0 Å². The summed E-state index contributed by atoms with van der Waals surface area (Å²) < 4.78 is 32.6. The number of fused-ring (bicyclic) bond motifs is 1. The minimum atomic E-state index is -0.548. The molecule has 0 spiro atoms. The number of amides is 3. The standard InChI is InChI=1S/C30H30F2N4O4/c1-19-16-36(20(2)18-37)29(38)26-14-22(5-4-21-6-8-23(31)9-7-21)15-33-28(26)40-27(19)17-35(3)30(39)34-25-12-10-24(32)11-13-25/h6-15,19-20,27,37H,16-18H2,1-3H3,(H,34,39)/t19-,20+,27-/m1/s1. The summed E-state index contributed by atoms with van der Waals surface area (Å²) in [4.78, 5) is 33.8. The molecule has 0 bridgehead atoms. The quantitative estimate of drug-likeness (QED) is 0.468. The summed E-state index contributed by atoms with van der Waals surface area (Å²) in [6.07, 6.45) is 0.935. The molecule has 1 aliphatic rings. The Balaban J connectivity index is 1.60. The van der Waals surface area contributed by atoms with Crippen LogP contribution in [0.1, 0.15) is 35.3 Å². The summed E-state index contributed by atoms with van der Waals surface area (Å²) in [6.45, 7) is 3.83. The lowest BCUT2D eigenvalue weighted by Gasteiger charge is -2.37. The van der Waals surface area contributed by atoms with E-state index in [0.29, 0.717) is 16.8 Å². The molecule has 2 heterocycles. The maximum atomic E-state index is 13.6. The number of halogens is 2. The number of ether oxygens (including phenoxy) is 1. The van der Waals surface area contributed by atoms with E-state index in [2.05, 4.69) is 22.1 Å². The Kier molecular flexibility index (Phi) is 8.97. The fraction of sp³-hybridized carbons (Fsp3) is 0.300. The van der Waals surface area contributed by atoms with Gasteiger partial charge in [-0.25, -0.2) is 18.6 Å². The van der Waals surface area contributed by atoms with Crippen LogP contribution in [-0.2, 0) is 0 Å². The van der Waals surface area contributed by atoms with Gasteiger partial charge in [0.25, 0.3) is 5.91 Å². The van der Waals surface area contributed by atoms with Crippen molar-refractivity contribution in [1.29, 1.82) is 0 Å². The summed E-state index contributed by atoms with van der Waals surface area (Å²) in [7, 11) is 1.61. The van der Waals surface area contributed by atoms with Crippen molar-refractivity contribution in [1.82, 2.24) is 14.8 Å². The van der Waals surface area contributed by atoms with Crippen LogP contribution < -0.4 is 10.1 Å². The molecule has 0 unspecified atom stereocenters. The van der Waals surface area contributed by atoms with Crippen molar-refractivity contribution in [2.45, 2.75) is 26.0 Å². The van der Waals surface area contributed by atoms with Gasteiger partial charge in [-0.3, -0.25) is 4.79 Å². The van der Waals surface area contributed by atoms with Gasteiger partial charge in [-0.2, -0.15) is 0 Å². The molecule has 2 aromatic carbocycles. The number of aliphatic hydroxyl groups is 1. The number of aromatic nitrogens is 1. The highest BCUT2D eigenvalue weighted by atomic mass is 19.1. The largest absolute Gasteiger partial charge is 0.472 e. The molecule has 0 saturated carbocycles. The van der Waals surface area contributed by atoms with E-state index in [1.54, 1.807) is 37.1 Å². The van der Waals surface area contributed by atoms with Crippen LogP contribution in [-0.4, -0.2) is 70.7 Å². The number of urea groups is 1. The number of aliphatic hydroxyl groups excluding tert-OH is 1. The zero-order valence-electron chi connectivity index (χ0n) is 22.4. The Hall–Kier alpha value is -4.49. The summed E-state index contributed by atoms with van der Waals surface area (Å²) in [6, 6.07) is 11.9. The van der Waals surface area contributed by atoms with Crippen LogP contribution in [0, 0.1) is 29.4 Å². The van der Waals surface area contributed by atoms with E-state index in [-0.39, 0.29) is 48.8 Å². The van der Waals surface area contributed by atoms with E-state index in [1.165, 1.54) is 47.5 Å². The number of hydrogen-bond donors (Lipinski definition) is 2. The molecule has 2 N–H and O–H groups in total. The van der Waals surface area contributed by atoms with Crippen molar-refractivity contribution in [3.63, 3.8) is 0 Å². The number of nitrogens with one attached hydrogen (secondary N) is 1. The Labute approximate surface area is 231 Å². The molecule has 3 aromatic rings. The molecular formula is C30H30F2N4O4. The van der Waals surface area contributed by atoms with Crippen molar-refractivity contribution >= 4 is 17.6 Å². The molecule has 0 fully saturated rings. The van der Waals surface area contributed by atoms with Crippen molar-refractivity contribution in [3.8, 4) is 17.7 Å². The molecule has 1 aliphatic heterocycles. The summed E-state index contributed by atoms with van der Waals surface area (Å²) >= 11 is 0. The number of carbonyl (C=O) groups is 2. The fourth-order valence-electron chi connectivity index (χ4n) is 4.17. The molecule has 208 valence electrons. The molecule has 3 atom stereocenters. The van der Waals surface area contributed by atoms with Gasteiger partial charge >= 0.3 is 6.03 Å². The highest BCUT2D eigenvalue weighted by Gasteiger charge is 2.34. The van der Waals surface area contributed by atoms with Gasteiger partial charge in [0.05, 0.1) is 19.2 Å². The number of likely N-dealkylation sites (N-methyl/N-ethyl adjacent to an activating group) is 1. The highest BCUT2D eigenvalue weighted by Crippen LogP contribution is 2.27. The van der Waals surface area contributed by atoms with E-state index in [1.807, 2.05) is 6.92 Å². The number of carbonyl (C=O) groups excluding carboxylic acids is 2. The van der Waals surface area contributed by atoms with Crippen LogP contribution in [0.25, 0.3) is 0 Å². The van der Waals surface area contributed by atoms with Gasteiger partial charge in [-0.1, -0.05) is 18.8 Å². The van der Waals surface area contributed by atoms with Gasteiger partial charge < -0.3 is 25.0 Å². The summed E-state index contributed by atoms with van der Waals surface area (Å²) in [5.41, 5.74) is 1.68. The molecular weight excluding hydrogens is 518 g/mol. The molecule has 4 rings (SSSR count). The second-order valence-electron chi connectivity index (χ2n) is 9.77. The van der Waals surface area contributed by atoms with Crippen LogP contribution in [0.2, 0.25) is 0 Å². The number of pyridine rings is 1. The third-order valence-electron chi connectivity index (χ3n) is 6.61. The van der Waals surface area contributed by atoms with E-state index in [0.717, 1.165) is 0 Å². The number of rotatable bonds is 5. The van der Waals surface area contributed by atoms with Gasteiger partial charge in [0.15, 0.2) is 0 Å². The zero-order chi connectivity index (χ0) is 28.8. The average Bonchev–Trinajstić information content (AvgIpc) is 2.95. The second-order valence-corrected chi connectivity index (χ2v) is 9.77. The zero-order valence-corrected chi connectivity index (χ0v) is 22.4. The van der Waals surface area contributed by atoms with Gasteiger partial charge in [0.1, 0.15) is 23.3 Å². The maximum Gasteiger partial charge on any atom is 0.321 e. The Morgan fingerprint density at radius 3 is 2.42 bits per heavy atom. The number of nitrogens with zero attached hydrogens (tertiary/aromatic N) is 3. The van der Waals surface area contributed by atoms with E-state index in [9.17, 15) is 23.5 Å². The van der Waals surface area contributed by atoms with Gasteiger partial charge in [-0.05, 0) is 61.5 Å². The molecule has 1 aromatic heterocycles. The van der Waals surface area contributed by atoms with E-state index >= 15 is 0 Å². The van der Waals surface area contributed by atoms with E-state index < -0.39 is 24.0 Å². The van der Waals surface area contributed by atoms with Crippen LogP contribution in [0.5, 0.6) is 5.88 Å². The first-order chi connectivity index (χ1) is 19.1. The molecule has 0 aliphatic carbocycles. The lowest BCUT2D eigenvalue weighted by Crippen LogP contribution is -2.50. The highest BCUT2D eigenvalue weighted by molar-refractivity contribution is 5.97. The minimum absolute atomic E-state index is 0.0939. The van der Waals surface area contributed by atoms with Gasteiger partial charge in [0.2, 0.25) is 5.88 Å². The van der Waals surface area contributed by atoms with Crippen molar-refractivity contribution in [2.24, 2.45) is 5.92 Å². The molecule has 10 heteroatoms. The normalized spacial score (nSPS) is 17.4. The van der Waals surface area contributed by atoms with Crippen LogP contribution in [0.4, 0.5) is 19.3 Å². The molecule has 8 nitrogen and oxygen atoms in total. The first-order valence-electron chi connectivity index (χ1n) is 12.8. The Morgan fingerprint density at radius 2 is 1.77 bits per heavy atom. The predicted octanol–water partition coefficient (Wildman–Crippen LogP) is 4.14. The smallest absolute Gasteiger partial charge is 0.321 e.